The molecule has 0 spiro atoms. The summed E-state index contributed by atoms with van der Waals surface area (Å²) in [7, 11) is -1.99. The monoisotopic (exact) mass is 350 g/mol. The number of nitrogens with zero attached hydrogens (tertiary/aromatic N) is 1. The molecule has 2 aromatic rings. The summed E-state index contributed by atoms with van der Waals surface area (Å²) in [6, 6.07) is 4.53. The Morgan fingerprint density at radius 1 is 1.29 bits per heavy atom. The number of fused-ring (bicyclic) bond motifs is 3. The highest BCUT2D eigenvalue weighted by Crippen LogP contribution is 2.49. The second-order valence-electron chi connectivity index (χ2n) is 7.18. The van der Waals surface area contributed by atoms with Gasteiger partial charge < -0.3 is 4.42 Å². The summed E-state index contributed by atoms with van der Waals surface area (Å²) in [4.78, 5) is 11.6. The average Bonchev–Trinajstić information content (AvgIpc) is 3.23. The van der Waals surface area contributed by atoms with Crippen molar-refractivity contribution in [1.29, 1.82) is 0 Å². The third-order valence-corrected chi connectivity index (χ3v) is 7.22. The summed E-state index contributed by atoms with van der Waals surface area (Å²) >= 11 is 0. The van der Waals surface area contributed by atoms with E-state index in [1.165, 1.54) is 42.4 Å². The molecule has 2 saturated carbocycles. The summed E-state index contributed by atoms with van der Waals surface area (Å²) in [5.74, 6) is 1.85. The minimum atomic E-state index is -3.58. The van der Waals surface area contributed by atoms with Gasteiger partial charge in [0.05, 0.1) is 10.4 Å². The normalized spacial score (nSPS) is 26.5. The van der Waals surface area contributed by atoms with Crippen LogP contribution < -0.4 is 10.5 Å². The predicted molar refractivity (Wildman–Crippen MR) is 90.2 cm³/mol. The molecule has 2 aliphatic rings. The zero-order valence-corrected chi connectivity index (χ0v) is 14.5. The third-order valence-electron chi connectivity index (χ3n) is 5.77. The van der Waals surface area contributed by atoms with E-state index >= 15 is 0 Å². The van der Waals surface area contributed by atoms with E-state index in [1.807, 2.05) is 0 Å². The van der Waals surface area contributed by atoms with Gasteiger partial charge in [-0.15, -0.1) is 0 Å². The van der Waals surface area contributed by atoms with Gasteiger partial charge in [-0.3, -0.25) is 4.57 Å². The van der Waals surface area contributed by atoms with Crippen LogP contribution in [-0.2, 0) is 17.1 Å². The smallest absolute Gasteiger partial charge is 0.408 e. The molecule has 1 aromatic heterocycles. The molecule has 1 N–H and O–H groups in total. The van der Waals surface area contributed by atoms with Crippen LogP contribution in [0.5, 0.6) is 0 Å². The molecule has 1 aromatic carbocycles. The molecule has 2 bridgehead atoms. The average molecular weight is 350 g/mol. The number of rotatable bonds is 5. The van der Waals surface area contributed by atoms with Crippen molar-refractivity contribution in [2.75, 3.05) is 6.54 Å². The molecular formula is C17H22N2O4S. The van der Waals surface area contributed by atoms with E-state index in [-0.39, 0.29) is 4.90 Å². The number of sulfonamides is 1. The Hall–Kier alpha value is -1.60. The highest BCUT2D eigenvalue weighted by molar-refractivity contribution is 7.89. The summed E-state index contributed by atoms with van der Waals surface area (Å²) in [6.45, 7) is 0.465. The summed E-state index contributed by atoms with van der Waals surface area (Å²) < 4.78 is 34.0. The van der Waals surface area contributed by atoms with Gasteiger partial charge in [0.25, 0.3) is 0 Å². The second-order valence-corrected chi connectivity index (χ2v) is 8.94. The first-order chi connectivity index (χ1) is 11.4. The van der Waals surface area contributed by atoms with Crippen LogP contribution in [0, 0.1) is 17.8 Å². The highest BCUT2D eigenvalue weighted by atomic mass is 32.2. The summed E-state index contributed by atoms with van der Waals surface area (Å²) in [5.41, 5.74) is 0.874. The first kappa shape index (κ1) is 15.9. The first-order valence-electron chi connectivity index (χ1n) is 8.53. The fraction of sp³-hybridized carbons (Fsp3) is 0.588. The van der Waals surface area contributed by atoms with Crippen molar-refractivity contribution in [2.24, 2.45) is 24.8 Å². The number of oxazole rings is 1. The van der Waals surface area contributed by atoms with Crippen molar-refractivity contribution in [1.82, 2.24) is 9.29 Å². The summed E-state index contributed by atoms with van der Waals surface area (Å²) in [6.07, 6.45) is 6.17. The van der Waals surface area contributed by atoms with Gasteiger partial charge in [0.1, 0.15) is 0 Å². The van der Waals surface area contributed by atoms with Gasteiger partial charge >= 0.3 is 5.76 Å². The van der Waals surface area contributed by atoms with E-state index in [1.54, 1.807) is 13.1 Å². The predicted octanol–water partition coefficient (Wildman–Crippen LogP) is 2.24. The Labute approximate surface area is 140 Å². The van der Waals surface area contributed by atoms with E-state index in [9.17, 15) is 13.2 Å². The van der Waals surface area contributed by atoms with Crippen molar-refractivity contribution in [2.45, 2.75) is 37.0 Å². The Kier molecular flexibility index (Phi) is 3.80. The zero-order chi connectivity index (χ0) is 16.9. The van der Waals surface area contributed by atoms with Crippen LogP contribution in [0.1, 0.15) is 32.1 Å². The third kappa shape index (κ3) is 2.69. The Bertz CT molecular complexity index is 928. The SMILES string of the molecule is Cn1c(=O)oc2cc(S(=O)(=O)NCC[C@H]3C[C@H]4CC[C@H]3C4)ccc21. The van der Waals surface area contributed by atoms with Crippen LogP contribution in [0.15, 0.2) is 32.3 Å². The molecule has 1 heterocycles. The van der Waals surface area contributed by atoms with Crippen molar-refractivity contribution in [3.63, 3.8) is 0 Å². The van der Waals surface area contributed by atoms with Crippen LogP contribution in [0.3, 0.4) is 0 Å². The maximum absolute atomic E-state index is 12.5. The Morgan fingerprint density at radius 3 is 2.83 bits per heavy atom. The standard InChI is InChI=1S/C17H22N2O4S/c1-19-15-5-4-14(10-16(15)23-17(19)20)24(21,22)18-7-6-13-9-11-2-3-12(13)8-11/h4-5,10-13,18H,2-3,6-9H2,1H3/t11-,12-,13-/m0/s1. The molecule has 3 atom stereocenters. The van der Waals surface area contributed by atoms with Crippen molar-refractivity contribution < 1.29 is 12.8 Å². The molecule has 2 aliphatic carbocycles. The van der Waals surface area contributed by atoms with Gasteiger partial charge in [-0.25, -0.2) is 17.9 Å². The van der Waals surface area contributed by atoms with E-state index < -0.39 is 15.8 Å². The van der Waals surface area contributed by atoms with Gasteiger partial charge in [-0.2, -0.15) is 0 Å². The molecule has 0 saturated heterocycles. The van der Waals surface area contributed by atoms with Crippen LogP contribution >= 0.6 is 0 Å². The minimum absolute atomic E-state index is 0.136. The quantitative estimate of drug-likeness (QED) is 0.897. The number of hydrogen-bond acceptors (Lipinski definition) is 4. The number of aromatic nitrogens is 1. The number of aryl methyl sites for hydroxylation is 1. The molecule has 0 unspecified atom stereocenters. The van der Waals surface area contributed by atoms with E-state index in [0.29, 0.717) is 23.6 Å². The maximum Gasteiger partial charge on any atom is 0.419 e. The lowest BCUT2D eigenvalue weighted by Gasteiger charge is -2.21. The molecule has 24 heavy (non-hydrogen) atoms. The number of hydrogen-bond donors (Lipinski definition) is 1. The van der Waals surface area contributed by atoms with Crippen LogP contribution in [0.2, 0.25) is 0 Å². The number of nitrogens with one attached hydrogen (secondary N) is 1. The fourth-order valence-electron chi connectivity index (χ4n) is 4.47. The van der Waals surface area contributed by atoms with E-state index in [2.05, 4.69) is 4.72 Å². The largest absolute Gasteiger partial charge is 0.419 e. The lowest BCUT2D eigenvalue weighted by molar-refractivity contribution is 0.315. The minimum Gasteiger partial charge on any atom is -0.408 e. The lowest BCUT2D eigenvalue weighted by atomic mass is 9.86. The zero-order valence-electron chi connectivity index (χ0n) is 13.7. The van der Waals surface area contributed by atoms with E-state index in [4.69, 9.17) is 4.42 Å². The molecule has 2 fully saturated rings. The lowest BCUT2D eigenvalue weighted by Crippen LogP contribution is -2.27. The molecule has 130 valence electrons. The van der Waals surface area contributed by atoms with Crippen LogP contribution in [0.4, 0.5) is 0 Å². The van der Waals surface area contributed by atoms with E-state index in [0.717, 1.165) is 18.3 Å². The highest BCUT2D eigenvalue weighted by Gasteiger charge is 2.38. The van der Waals surface area contributed by atoms with Gasteiger partial charge in [-0.05, 0) is 55.6 Å². The van der Waals surface area contributed by atoms with Gasteiger partial charge in [-0.1, -0.05) is 6.42 Å². The fourth-order valence-corrected chi connectivity index (χ4v) is 5.54. The van der Waals surface area contributed by atoms with Gasteiger partial charge in [0.2, 0.25) is 10.0 Å². The first-order valence-corrected chi connectivity index (χ1v) is 10.0. The van der Waals surface area contributed by atoms with Crippen molar-refractivity contribution >= 4 is 21.1 Å². The Morgan fingerprint density at radius 2 is 2.12 bits per heavy atom. The molecule has 0 radical (unpaired) electrons. The van der Waals surface area contributed by atoms with Gasteiger partial charge in [0.15, 0.2) is 5.58 Å². The molecule has 0 amide bonds. The van der Waals surface area contributed by atoms with Crippen LogP contribution in [0.25, 0.3) is 11.1 Å². The van der Waals surface area contributed by atoms with Crippen LogP contribution in [-0.4, -0.2) is 19.5 Å². The topological polar surface area (TPSA) is 81.3 Å². The summed E-state index contributed by atoms with van der Waals surface area (Å²) in [5, 5.41) is 0. The molecular weight excluding hydrogens is 328 g/mol. The Balaban J connectivity index is 1.45. The molecule has 0 aliphatic heterocycles. The molecule has 4 rings (SSSR count). The molecule has 6 nitrogen and oxygen atoms in total. The van der Waals surface area contributed by atoms with Gasteiger partial charge in [0, 0.05) is 19.7 Å². The van der Waals surface area contributed by atoms with Crippen molar-refractivity contribution in [3.05, 3.63) is 28.7 Å². The molecule has 7 heteroatoms. The number of benzene rings is 1. The maximum atomic E-state index is 12.5. The second kappa shape index (κ2) is 5.74. The van der Waals surface area contributed by atoms with Crippen molar-refractivity contribution in [3.8, 4) is 0 Å².